The number of hydrogen-bond donors (Lipinski definition) is 3. The number of amides is 1. The molecule has 1 amide bonds. The van der Waals surface area contributed by atoms with Gasteiger partial charge in [0, 0.05) is 18.1 Å². The molecule has 0 spiro atoms. The summed E-state index contributed by atoms with van der Waals surface area (Å²) >= 11 is 0. The van der Waals surface area contributed by atoms with Gasteiger partial charge < -0.3 is 20.5 Å². The van der Waals surface area contributed by atoms with Crippen molar-refractivity contribution in [2.45, 2.75) is 70.7 Å². The molecule has 0 unspecified atom stereocenters. The van der Waals surface area contributed by atoms with Crippen LogP contribution in [0.3, 0.4) is 0 Å². The Morgan fingerprint density at radius 2 is 2.00 bits per heavy atom. The van der Waals surface area contributed by atoms with Gasteiger partial charge >= 0.3 is 6.09 Å². The van der Waals surface area contributed by atoms with Crippen molar-refractivity contribution in [2.75, 3.05) is 6.61 Å². The SMILES string of the molecule is CC[C@@H](CO)NC1CC(NC(=O)OC(C)(C)C)C1. The summed E-state index contributed by atoms with van der Waals surface area (Å²) in [5.41, 5.74) is -0.449. The van der Waals surface area contributed by atoms with Crippen LogP contribution < -0.4 is 10.6 Å². The van der Waals surface area contributed by atoms with E-state index in [1.807, 2.05) is 27.7 Å². The lowest BCUT2D eigenvalue weighted by Crippen LogP contribution is -2.55. The molecule has 106 valence electrons. The van der Waals surface area contributed by atoms with Crippen LogP contribution in [0.4, 0.5) is 4.79 Å². The number of nitrogens with one attached hydrogen (secondary N) is 2. The first-order chi connectivity index (χ1) is 8.34. The minimum absolute atomic E-state index is 0.164. The molecule has 1 saturated carbocycles. The number of aliphatic hydroxyl groups excluding tert-OH is 1. The van der Waals surface area contributed by atoms with E-state index in [4.69, 9.17) is 9.84 Å². The van der Waals surface area contributed by atoms with E-state index in [1.54, 1.807) is 0 Å². The molecule has 1 aliphatic carbocycles. The quantitative estimate of drug-likeness (QED) is 0.697. The molecule has 0 aromatic rings. The molecular formula is C13H26N2O3. The molecule has 0 aliphatic heterocycles. The molecule has 0 heterocycles. The molecule has 1 fully saturated rings. The van der Waals surface area contributed by atoms with E-state index in [2.05, 4.69) is 10.6 Å². The average molecular weight is 258 g/mol. The number of alkyl carbamates (subject to hydrolysis) is 1. The minimum Gasteiger partial charge on any atom is -0.444 e. The normalized spacial score (nSPS) is 25.2. The van der Waals surface area contributed by atoms with Crippen LogP contribution >= 0.6 is 0 Å². The van der Waals surface area contributed by atoms with Crippen molar-refractivity contribution in [1.82, 2.24) is 10.6 Å². The summed E-state index contributed by atoms with van der Waals surface area (Å²) < 4.78 is 5.19. The second kappa shape index (κ2) is 6.38. The van der Waals surface area contributed by atoms with Crippen LogP contribution in [0.15, 0.2) is 0 Å². The number of carbonyl (C=O) groups is 1. The van der Waals surface area contributed by atoms with Crippen LogP contribution in [0.2, 0.25) is 0 Å². The lowest BCUT2D eigenvalue weighted by Gasteiger charge is -2.38. The Labute approximate surface area is 109 Å². The number of carbonyl (C=O) groups excluding carboxylic acids is 1. The lowest BCUT2D eigenvalue weighted by molar-refractivity contribution is 0.0459. The van der Waals surface area contributed by atoms with Crippen LogP contribution in [0, 0.1) is 0 Å². The molecule has 3 N–H and O–H groups in total. The lowest BCUT2D eigenvalue weighted by atomic mass is 9.86. The van der Waals surface area contributed by atoms with E-state index in [-0.39, 0.29) is 24.8 Å². The van der Waals surface area contributed by atoms with Gasteiger partial charge in [-0.1, -0.05) is 6.92 Å². The Morgan fingerprint density at radius 3 is 2.44 bits per heavy atom. The summed E-state index contributed by atoms with van der Waals surface area (Å²) in [5.74, 6) is 0. The highest BCUT2D eigenvalue weighted by atomic mass is 16.6. The van der Waals surface area contributed by atoms with Gasteiger partial charge in [0.1, 0.15) is 5.60 Å². The van der Waals surface area contributed by atoms with Crippen molar-refractivity contribution < 1.29 is 14.6 Å². The zero-order chi connectivity index (χ0) is 13.8. The van der Waals surface area contributed by atoms with Crippen molar-refractivity contribution in [1.29, 1.82) is 0 Å². The Balaban J connectivity index is 2.17. The highest BCUT2D eigenvalue weighted by Crippen LogP contribution is 2.21. The molecule has 18 heavy (non-hydrogen) atoms. The van der Waals surface area contributed by atoms with Gasteiger partial charge in [-0.25, -0.2) is 4.79 Å². The first kappa shape index (κ1) is 15.2. The Bertz CT molecular complexity index is 266. The molecule has 5 heteroatoms. The number of ether oxygens (including phenoxy) is 1. The third kappa shape index (κ3) is 5.23. The molecule has 0 bridgehead atoms. The molecule has 0 aromatic heterocycles. The monoisotopic (exact) mass is 258 g/mol. The van der Waals surface area contributed by atoms with E-state index in [0.29, 0.717) is 6.04 Å². The van der Waals surface area contributed by atoms with E-state index < -0.39 is 5.60 Å². The largest absolute Gasteiger partial charge is 0.444 e. The average Bonchev–Trinajstić information content (AvgIpc) is 2.18. The summed E-state index contributed by atoms with van der Waals surface area (Å²) in [6.45, 7) is 7.76. The van der Waals surface area contributed by atoms with Crippen LogP contribution in [0.1, 0.15) is 47.0 Å². The third-order valence-corrected chi connectivity index (χ3v) is 3.04. The summed E-state index contributed by atoms with van der Waals surface area (Å²) in [6.07, 6.45) is 2.36. The highest BCUT2D eigenvalue weighted by Gasteiger charge is 2.32. The zero-order valence-corrected chi connectivity index (χ0v) is 11.8. The van der Waals surface area contributed by atoms with Crippen LogP contribution in [0.5, 0.6) is 0 Å². The summed E-state index contributed by atoms with van der Waals surface area (Å²) in [4.78, 5) is 11.5. The van der Waals surface area contributed by atoms with Crippen molar-refractivity contribution in [2.24, 2.45) is 0 Å². The molecule has 1 aliphatic rings. The minimum atomic E-state index is -0.449. The van der Waals surface area contributed by atoms with Crippen LogP contribution in [-0.2, 0) is 4.74 Å². The Hall–Kier alpha value is -0.810. The fraction of sp³-hybridized carbons (Fsp3) is 0.923. The molecule has 1 atom stereocenters. The fourth-order valence-corrected chi connectivity index (χ4v) is 1.98. The first-order valence-electron chi connectivity index (χ1n) is 6.70. The second-order valence-corrected chi connectivity index (χ2v) is 5.97. The van der Waals surface area contributed by atoms with Crippen molar-refractivity contribution in [3.05, 3.63) is 0 Å². The van der Waals surface area contributed by atoms with Gasteiger partial charge in [0.2, 0.25) is 0 Å². The first-order valence-corrected chi connectivity index (χ1v) is 6.70. The van der Waals surface area contributed by atoms with Crippen molar-refractivity contribution >= 4 is 6.09 Å². The molecule has 5 nitrogen and oxygen atoms in total. The van der Waals surface area contributed by atoms with Crippen molar-refractivity contribution in [3.8, 4) is 0 Å². The van der Waals surface area contributed by atoms with Crippen LogP contribution in [-0.4, -0.2) is 41.5 Å². The van der Waals surface area contributed by atoms with Gasteiger partial charge in [-0.05, 0) is 40.0 Å². The number of rotatable bonds is 5. The van der Waals surface area contributed by atoms with Crippen LogP contribution in [0.25, 0.3) is 0 Å². The summed E-state index contributed by atoms with van der Waals surface area (Å²) in [5, 5.41) is 15.3. The summed E-state index contributed by atoms with van der Waals surface area (Å²) in [6, 6.07) is 0.744. The Kier molecular flexibility index (Phi) is 5.41. The van der Waals surface area contributed by atoms with E-state index >= 15 is 0 Å². The molecule has 0 radical (unpaired) electrons. The highest BCUT2D eigenvalue weighted by molar-refractivity contribution is 5.68. The maximum atomic E-state index is 11.5. The van der Waals surface area contributed by atoms with E-state index in [0.717, 1.165) is 19.3 Å². The molecule has 0 saturated heterocycles. The van der Waals surface area contributed by atoms with Gasteiger partial charge in [-0.2, -0.15) is 0 Å². The predicted octanol–water partition coefficient (Wildman–Crippen LogP) is 1.40. The Morgan fingerprint density at radius 1 is 1.39 bits per heavy atom. The predicted molar refractivity (Wildman–Crippen MR) is 70.5 cm³/mol. The second-order valence-electron chi connectivity index (χ2n) is 5.97. The molecule has 0 aromatic carbocycles. The van der Waals surface area contributed by atoms with Gasteiger partial charge in [0.05, 0.1) is 6.61 Å². The third-order valence-electron chi connectivity index (χ3n) is 3.04. The zero-order valence-electron chi connectivity index (χ0n) is 11.8. The topological polar surface area (TPSA) is 70.6 Å². The van der Waals surface area contributed by atoms with Gasteiger partial charge in [-0.3, -0.25) is 0 Å². The molecular weight excluding hydrogens is 232 g/mol. The number of hydrogen-bond acceptors (Lipinski definition) is 4. The maximum absolute atomic E-state index is 11.5. The van der Waals surface area contributed by atoms with Gasteiger partial charge in [0.25, 0.3) is 0 Å². The smallest absolute Gasteiger partial charge is 0.407 e. The standard InChI is InChI=1S/C13H26N2O3/c1-5-9(8-16)14-10-6-11(7-10)15-12(17)18-13(2,3)4/h9-11,14,16H,5-8H2,1-4H3,(H,15,17)/t9-,10?,11?/m0/s1. The van der Waals surface area contributed by atoms with Crippen molar-refractivity contribution in [3.63, 3.8) is 0 Å². The van der Waals surface area contributed by atoms with E-state index in [1.165, 1.54) is 0 Å². The van der Waals surface area contributed by atoms with Gasteiger partial charge in [-0.15, -0.1) is 0 Å². The number of aliphatic hydroxyl groups is 1. The summed E-state index contributed by atoms with van der Waals surface area (Å²) in [7, 11) is 0. The molecule has 1 rings (SSSR count). The van der Waals surface area contributed by atoms with E-state index in [9.17, 15) is 4.79 Å². The fourth-order valence-electron chi connectivity index (χ4n) is 1.98. The van der Waals surface area contributed by atoms with Gasteiger partial charge in [0.15, 0.2) is 0 Å². The maximum Gasteiger partial charge on any atom is 0.407 e.